The Morgan fingerprint density at radius 2 is 1.92 bits per heavy atom. The van der Waals surface area contributed by atoms with Gasteiger partial charge in [0, 0.05) is 12.1 Å². The molecule has 2 aromatic rings. The van der Waals surface area contributed by atoms with Gasteiger partial charge in [-0.2, -0.15) is 30.0 Å². The molecule has 0 bridgehead atoms. The summed E-state index contributed by atoms with van der Waals surface area (Å²) >= 11 is 1.63. The van der Waals surface area contributed by atoms with E-state index in [4.69, 9.17) is 5.11 Å². The minimum atomic E-state index is -4.88. The van der Waals surface area contributed by atoms with Gasteiger partial charge >= 0.3 is 12.1 Å². The number of rotatable bonds is 7. The molecule has 0 radical (unpaired) electrons. The lowest BCUT2D eigenvalue weighted by molar-refractivity contribution is -0.143. The quantitative estimate of drug-likeness (QED) is 0.708. The first kappa shape index (κ1) is 19.8. The number of halogens is 3. The summed E-state index contributed by atoms with van der Waals surface area (Å²) in [6.45, 7) is 0. The van der Waals surface area contributed by atoms with Crippen molar-refractivity contribution >= 4 is 29.3 Å². The normalized spacial score (nSPS) is 11.4. The first-order valence-electron chi connectivity index (χ1n) is 7.51. The molecule has 0 atom stereocenters. The van der Waals surface area contributed by atoms with Gasteiger partial charge in [0.05, 0.1) is 11.9 Å². The van der Waals surface area contributed by atoms with Crippen LogP contribution >= 0.6 is 11.8 Å². The van der Waals surface area contributed by atoms with Gasteiger partial charge in [0.25, 0.3) is 0 Å². The molecule has 0 aliphatic heterocycles. The number of carboxylic acid groups (broad SMARTS) is 1. The molecule has 2 N–H and O–H groups in total. The van der Waals surface area contributed by atoms with Gasteiger partial charge in [-0.15, -0.1) is 0 Å². The summed E-state index contributed by atoms with van der Waals surface area (Å²) in [6, 6.07) is 5.52. The monoisotopic (exact) mass is 387 g/mol. The number of carbonyl (C=O) groups excluding carboxylic acids is 1. The van der Waals surface area contributed by atoms with Crippen LogP contribution in [0.2, 0.25) is 0 Å². The number of hydrogen-bond acceptors (Lipinski definition) is 4. The zero-order valence-corrected chi connectivity index (χ0v) is 14.5. The number of aromatic carboxylic acids is 1. The van der Waals surface area contributed by atoms with E-state index in [-0.39, 0.29) is 11.6 Å². The van der Waals surface area contributed by atoms with E-state index in [0.29, 0.717) is 23.0 Å². The molecular formula is C16H16F3N3O3S. The third kappa shape index (κ3) is 4.78. The fourth-order valence-corrected chi connectivity index (χ4v) is 2.69. The van der Waals surface area contributed by atoms with Gasteiger partial charge in [-0.05, 0) is 42.7 Å². The van der Waals surface area contributed by atoms with Crippen molar-refractivity contribution in [3.63, 3.8) is 0 Å². The molecule has 0 saturated heterocycles. The van der Waals surface area contributed by atoms with Gasteiger partial charge < -0.3 is 10.4 Å². The van der Waals surface area contributed by atoms with E-state index < -0.39 is 23.4 Å². The molecule has 1 aromatic carbocycles. The summed E-state index contributed by atoms with van der Waals surface area (Å²) in [5.41, 5.74) is -1.82. The second kappa shape index (κ2) is 8.26. The second-order valence-corrected chi connectivity index (χ2v) is 6.30. The summed E-state index contributed by atoms with van der Waals surface area (Å²) in [6.07, 6.45) is -1.20. The number of nitrogens with one attached hydrogen (secondary N) is 1. The molecule has 6 nitrogen and oxygen atoms in total. The molecule has 1 heterocycles. The number of carbonyl (C=O) groups is 2. The lowest BCUT2D eigenvalue weighted by Gasteiger charge is -2.12. The van der Waals surface area contributed by atoms with Crippen LogP contribution in [0.5, 0.6) is 0 Å². The number of anilines is 1. The molecular weight excluding hydrogens is 371 g/mol. The maximum atomic E-state index is 13.2. The highest BCUT2D eigenvalue weighted by atomic mass is 32.2. The van der Waals surface area contributed by atoms with Crippen LogP contribution in [0.25, 0.3) is 5.69 Å². The van der Waals surface area contributed by atoms with Crippen LogP contribution in [0.1, 0.15) is 28.9 Å². The Morgan fingerprint density at radius 3 is 2.46 bits per heavy atom. The van der Waals surface area contributed by atoms with E-state index in [2.05, 4.69) is 10.4 Å². The number of hydrogen-bond donors (Lipinski definition) is 2. The van der Waals surface area contributed by atoms with E-state index in [1.165, 1.54) is 24.3 Å². The van der Waals surface area contributed by atoms with Crippen LogP contribution in [0.3, 0.4) is 0 Å². The standard InChI is InChI=1S/C16H16F3N3O3S/c1-26-8-2-3-13(23)21-10-4-6-11(7-5-10)22-14(16(17,18)19)12(9-20-22)15(24)25/h4-7,9H,2-3,8H2,1H3,(H,21,23)(H,24,25). The van der Waals surface area contributed by atoms with E-state index in [0.717, 1.165) is 12.2 Å². The van der Waals surface area contributed by atoms with Crippen LogP contribution in [0, 0.1) is 0 Å². The first-order chi connectivity index (χ1) is 12.2. The Morgan fingerprint density at radius 1 is 1.27 bits per heavy atom. The average molecular weight is 387 g/mol. The number of thioether (sulfide) groups is 1. The van der Waals surface area contributed by atoms with E-state index in [1.807, 2.05) is 6.26 Å². The van der Waals surface area contributed by atoms with Crippen molar-refractivity contribution in [3.8, 4) is 5.69 Å². The fourth-order valence-electron chi connectivity index (χ4n) is 2.26. The van der Waals surface area contributed by atoms with Crippen LogP contribution in [-0.4, -0.2) is 38.8 Å². The fraction of sp³-hybridized carbons (Fsp3) is 0.312. The Labute approximate surface area is 151 Å². The first-order valence-corrected chi connectivity index (χ1v) is 8.91. The number of benzene rings is 1. The molecule has 26 heavy (non-hydrogen) atoms. The molecule has 0 aliphatic carbocycles. The average Bonchev–Trinajstić information content (AvgIpc) is 3.01. The van der Waals surface area contributed by atoms with Crippen LogP contribution in [-0.2, 0) is 11.0 Å². The van der Waals surface area contributed by atoms with Crippen LogP contribution in [0.4, 0.5) is 18.9 Å². The summed E-state index contributed by atoms with van der Waals surface area (Å²) in [7, 11) is 0. The van der Waals surface area contributed by atoms with Gasteiger partial charge in [-0.25, -0.2) is 9.48 Å². The zero-order chi connectivity index (χ0) is 19.3. The molecule has 0 unspecified atom stereocenters. The maximum Gasteiger partial charge on any atom is 0.434 e. The lowest BCUT2D eigenvalue weighted by Crippen LogP contribution is -2.17. The van der Waals surface area contributed by atoms with Crippen molar-refractivity contribution in [2.75, 3.05) is 17.3 Å². The maximum absolute atomic E-state index is 13.2. The number of amides is 1. The third-order valence-electron chi connectivity index (χ3n) is 3.42. The van der Waals surface area contributed by atoms with E-state index in [9.17, 15) is 22.8 Å². The number of nitrogens with zero attached hydrogens (tertiary/aromatic N) is 2. The van der Waals surface area contributed by atoms with Crippen molar-refractivity contribution in [3.05, 3.63) is 41.7 Å². The van der Waals surface area contributed by atoms with Crippen LogP contribution in [0.15, 0.2) is 30.5 Å². The zero-order valence-electron chi connectivity index (χ0n) is 13.7. The lowest BCUT2D eigenvalue weighted by atomic mass is 10.2. The SMILES string of the molecule is CSCCCC(=O)Nc1ccc(-n2ncc(C(=O)O)c2C(F)(F)F)cc1. The molecule has 1 aromatic heterocycles. The molecule has 2 rings (SSSR count). The van der Waals surface area contributed by atoms with Crippen molar-refractivity contribution in [2.24, 2.45) is 0 Å². The summed E-state index contributed by atoms with van der Waals surface area (Å²) in [4.78, 5) is 22.7. The predicted molar refractivity (Wildman–Crippen MR) is 91.8 cm³/mol. The van der Waals surface area contributed by atoms with Crippen molar-refractivity contribution in [1.82, 2.24) is 9.78 Å². The Bertz CT molecular complexity index is 788. The van der Waals surface area contributed by atoms with Gasteiger partial charge in [-0.1, -0.05) is 0 Å². The molecule has 0 aliphatic rings. The van der Waals surface area contributed by atoms with Gasteiger partial charge in [0.1, 0.15) is 5.56 Å². The third-order valence-corrected chi connectivity index (χ3v) is 4.11. The summed E-state index contributed by atoms with van der Waals surface area (Å²) < 4.78 is 40.1. The van der Waals surface area contributed by atoms with Crippen LogP contribution < -0.4 is 5.32 Å². The number of aromatic nitrogens is 2. The van der Waals surface area contributed by atoms with Gasteiger partial charge in [0.2, 0.25) is 5.91 Å². The van der Waals surface area contributed by atoms with E-state index in [1.54, 1.807) is 11.8 Å². The molecule has 0 saturated carbocycles. The second-order valence-electron chi connectivity index (χ2n) is 5.31. The highest BCUT2D eigenvalue weighted by Gasteiger charge is 2.40. The predicted octanol–water partition coefficient (Wildman–Crippen LogP) is 3.67. The molecule has 140 valence electrons. The Kier molecular flexibility index (Phi) is 6.30. The smallest absolute Gasteiger partial charge is 0.434 e. The van der Waals surface area contributed by atoms with Gasteiger partial charge in [-0.3, -0.25) is 4.79 Å². The van der Waals surface area contributed by atoms with Gasteiger partial charge in [0.15, 0.2) is 5.69 Å². The molecule has 0 spiro atoms. The van der Waals surface area contributed by atoms with E-state index >= 15 is 0 Å². The topological polar surface area (TPSA) is 84.2 Å². The minimum absolute atomic E-state index is 0.0326. The highest BCUT2D eigenvalue weighted by Crippen LogP contribution is 2.33. The largest absolute Gasteiger partial charge is 0.478 e. The summed E-state index contributed by atoms with van der Waals surface area (Å²) in [5.74, 6) is -1.04. The molecule has 0 fully saturated rings. The van der Waals surface area contributed by atoms with Crippen molar-refractivity contribution < 1.29 is 27.9 Å². The van der Waals surface area contributed by atoms with Crippen molar-refractivity contribution in [1.29, 1.82) is 0 Å². The summed E-state index contributed by atoms with van der Waals surface area (Å²) in [5, 5.41) is 15.1. The van der Waals surface area contributed by atoms with Crippen molar-refractivity contribution in [2.45, 2.75) is 19.0 Å². The number of carboxylic acids is 1. The molecule has 10 heteroatoms. The number of alkyl halides is 3. The highest BCUT2D eigenvalue weighted by molar-refractivity contribution is 7.98. The minimum Gasteiger partial charge on any atom is -0.478 e. The molecule has 1 amide bonds. The Balaban J connectivity index is 2.21. The Hall–Kier alpha value is -2.49.